The second-order valence-corrected chi connectivity index (χ2v) is 4.97. The minimum atomic E-state index is -0.361. The first-order valence-electron chi connectivity index (χ1n) is 5.59. The van der Waals surface area contributed by atoms with Crippen LogP contribution in [0, 0.1) is 6.92 Å². The van der Waals surface area contributed by atoms with Gasteiger partial charge in [0.15, 0.2) is 0 Å². The van der Waals surface area contributed by atoms with Crippen LogP contribution in [0.3, 0.4) is 0 Å². The molecule has 1 heterocycles. The standard InChI is InChI=1S/C13H12BrN3O2/c1-8-3-4-10(9(14)7-8)15-13(19)11-5-6-12(18)17(2)16-11/h3-7H,1-2H3,(H,15,19). The minimum Gasteiger partial charge on any atom is -0.320 e. The molecule has 0 unspecified atom stereocenters. The van der Waals surface area contributed by atoms with E-state index in [-0.39, 0.29) is 17.2 Å². The summed E-state index contributed by atoms with van der Waals surface area (Å²) in [6.07, 6.45) is 0. The van der Waals surface area contributed by atoms with Crippen LogP contribution in [0.15, 0.2) is 39.6 Å². The van der Waals surface area contributed by atoms with Crippen molar-refractivity contribution in [3.8, 4) is 0 Å². The average Bonchev–Trinajstić information content (AvgIpc) is 2.36. The zero-order valence-electron chi connectivity index (χ0n) is 10.5. The lowest BCUT2D eigenvalue weighted by Gasteiger charge is -2.08. The SMILES string of the molecule is Cc1ccc(NC(=O)c2ccc(=O)n(C)n2)c(Br)c1. The fourth-order valence-electron chi connectivity index (χ4n) is 1.53. The summed E-state index contributed by atoms with van der Waals surface area (Å²) < 4.78 is 1.92. The average molecular weight is 322 g/mol. The second kappa shape index (κ2) is 5.36. The molecule has 98 valence electrons. The van der Waals surface area contributed by atoms with Crippen LogP contribution >= 0.6 is 15.9 Å². The number of rotatable bonds is 2. The number of carbonyl (C=O) groups excluding carboxylic acids is 1. The van der Waals surface area contributed by atoms with Crippen molar-refractivity contribution in [3.63, 3.8) is 0 Å². The number of aryl methyl sites for hydroxylation is 2. The van der Waals surface area contributed by atoms with Gasteiger partial charge in [-0.25, -0.2) is 4.68 Å². The van der Waals surface area contributed by atoms with Gasteiger partial charge in [0.1, 0.15) is 5.69 Å². The molecule has 0 aliphatic carbocycles. The Morgan fingerprint density at radius 3 is 2.68 bits per heavy atom. The highest BCUT2D eigenvalue weighted by molar-refractivity contribution is 9.10. The Morgan fingerprint density at radius 2 is 2.05 bits per heavy atom. The zero-order valence-corrected chi connectivity index (χ0v) is 12.1. The monoisotopic (exact) mass is 321 g/mol. The summed E-state index contributed by atoms with van der Waals surface area (Å²) in [7, 11) is 1.50. The van der Waals surface area contributed by atoms with Crippen molar-refractivity contribution in [3.05, 3.63) is 56.4 Å². The van der Waals surface area contributed by atoms with Gasteiger partial charge in [-0.05, 0) is 46.6 Å². The third-order valence-electron chi connectivity index (χ3n) is 2.57. The summed E-state index contributed by atoms with van der Waals surface area (Å²) in [6.45, 7) is 1.96. The van der Waals surface area contributed by atoms with Crippen molar-refractivity contribution in [2.45, 2.75) is 6.92 Å². The van der Waals surface area contributed by atoms with Gasteiger partial charge in [-0.2, -0.15) is 5.10 Å². The fourth-order valence-corrected chi connectivity index (χ4v) is 2.12. The smallest absolute Gasteiger partial charge is 0.276 e. The molecule has 1 amide bonds. The minimum absolute atomic E-state index is 0.189. The van der Waals surface area contributed by atoms with E-state index in [1.165, 1.54) is 19.2 Å². The molecule has 6 heteroatoms. The van der Waals surface area contributed by atoms with Crippen LogP contribution in [-0.4, -0.2) is 15.7 Å². The molecule has 0 spiro atoms. The molecule has 1 aromatic carbocycles. The molecule has 0 saturated heterocycles. The number of nitrogens with zero attached hydrogens (tertiary/aromatic N) is 2. The molecule has 5 nitrogen and oxygen atoms in total. The maximum Gasteiger partial charge on any atom is 0.276 e. The predicted molar refractivity (Wildman–Crippen MR) is 76.3 cm³/mol. The van der Waals surface area contributed by atoms with Crippen LogP contribution in [0.4, 0.5) is 5.69 Å². The summed E-state index contributed by atoms with van der Waals surface area (Å²) in [5.74, 6) is -0.361. The summed E-state index contributed by atoms with van der Waals surface area (Å²) in [4.78, 5) is 23.2. The van der Waals surface area contributed by atoms with E-state index in [4.69, 9.17) is 0 Å². The number of aromatic nitrogens is 2. The van der Waals surface area contributed by atoms with Crippen molar-refractivity contribution in [1.82, 2.24) is 9.78 Å². The first-order valence-corrected chi connectivity index (χ1v) is 6.38. The van der Waals surface area contributed by atoms with Gasteiger partial charge in [0.05, 0.1) is 5.69 Å². The molecule has 1 N–H and O–H groups in total. The van der Waals surface area contributed by atoms with Crippen molar-refractivity contribution < 1.29 is 4.79 Å². The van der Waals surface area contributed by atoms with Gasteiger partial charge in [0.25, 0.3) is 11.5 Å². The molecule has 0 saturated carbocycles. The van der Waals surface area contributed by atoms with Crippen LogP contribution < -0.4 is 10.9 Å². The van der Waals surface area contributed by atoms with Gasteiger partial charge in [-0.3, -0.25) is 9.59 Å². The van der Waals surface area contributed by atoms with Crippen molar-refractivity contribution in [2.24, 2.45) is 7.05 Å². The van der Waals surface area contributed by atoms with Gasteiger partial charge >= 0.3 is 0 Å². The lowest BCUT2D eigenvalue weighted by molar-refractivity contribution is 0.102. The number of nitrogens with one attached hydrogen (secondary N) is 1. The van der Waals surface area contributed by atoms with Crippen LogP contribution in [0.1, 0.15) is 16.1 Å². The van der Waals surface area contributed by atoms with Crippen LogP contribution in [-0.2, 0) is 7.05 Å². The third kappa shape index (κ3) is 3.08. The first kappa shape index (κ1) is 13.5. The Bertz CT molecular complexity index is 695. The maximum atomic E-state index is 12.0. The number of hydrogen-bond donors (Lipinski definition) is 1. The highest BCUT2D eigenvalue weighted by Gasteiger charge is 2.10. The van der Waals surface area contributed by atoms with Crippen LogP contribution in [0.25, 0.3) is 0 Å². The second-order valence-electron chi connectivity index (χ2n) is 4.12. The number of anilines is 1. The van der Waals surface area contributed by atoms with E-state index in [2.05, 4.69) is 26.3 Å². The Morgan fingerprint density at radius 1 is 1.32 bits per heavy atom. The van der Waals surface area contributed by atoms with E-state index in [0.717, 1.165) is 14.7 Å². The molecule has 19 heavy (non-hydrogen) atoms. The van der Waals surface area contributed by atoms with E-state index >= 15 is 0 Å². The molecule has 1 aromatic heterocycles. The number of halogens is 1. The largest absolute Gasteiger partial charge is 0.320 e. The molecule has 2 rings (SSSR count). The lowest BCUT2D eigenvalue weighted by Crippen LogP contribution is -2.23. The maximum absolute atomic E-state index is 12.0. The topological polar surface area (TPSA) is 64.0 Å². The highest BCUT2D eigenvalue weighted by Crippen LogP contribution is 2.23. The molecule has 0 fully saturated rings. The molecule has 2 aromatic rings. The molecule has 0 bridgehead atoms. The first-order chi connectivity index (χ1) is 8.97. The van der Waals surface area contributed by atoms with Crippen molar-refractivity contribution in [1.29, 1.82) is 0 Å². The number of benzene rings is 1. The van der Waals surface area contributed by atoms with Gasteiger partial charge in [-0.1, -0.05) is 6.07 Å². The van der Waals surface area contributed by atoms with E-state index in [0.29, 0.717) is 5.69 Å². The molecule has 0 radical (unpaired) electrons. The van der Waals surface area contributed by atoms with Gasteiger partial charge in [0.2, 0.25) is 0 Å². The summed E-state index contributed by atoms with van der Waals surface area (Å²) in [5.41, 5.74) is 1.68. The molecule has 0 aliphatic rings. The normalized spacial score (nSPS) is 10.3. The third-order valence-corrected chi connectivity index (χ3v) is 3.22. The Kier molecular flexibility index (Phi) is 3.80. The molecular formula is C13H12BrN3O2. The molecule has 0 aliphatic heterocycles. The Labute approximate surface area is 118 Å². The van der Waals surface area contributed by atoms with Gasteiger partial charge in [-0.15, -0.1) is 0 Å². The fraction of sp³-hybridized carbons (Fsp3) is 0.154. The summed E-state index contributed by atoms with van der Waals surface area (Å²) in [6, 6.07) is 8.32. The Balaban J connectivity index is 2.25. The highest BCUT2D eigenvalue weighted by atomic mass is 79.9. The number of amides is 1. The van der Waals surface area contributed by atoms with E-state index in [1.807, 2.05) is 19.1 Å². The summed E-state index contributed by atoms with van der Waals surface area (Å²) >= 11 is 3.38. The lowest BCUT2D eigenvalue weighted by atomic mass is 10.2. The molecule has 0 atom stereocenters. The van der Waals surface area contributed by atoms with E-state index < -0.39 is 0 Å². The predicted octanol–water partition coefficient (Wildman–Crippen LogP) is 2.10. The van der Waals surface area contributed by atoms with Gasteiger partial charge < -0.3 is 5.32 Å². The van der Waals surface area contributed by atoms with E-state index in [9.17, 15) is 9.59 Å². The quantitative estimate of drug-likeness (QED) is 0.921. The van der Waals surface area contributed by atoms with Gasteiger partial charge in [0, 0.05) is 17.6 Å². The van der Waals surface area contributed by atoms with E-state index in [1.54, 1.807) is 6.07 Å². The number of carbonyl (C=O) groups is 1. The van der Waals surface area contributed by atoms with Crippen molar-refractivity contribution in [2.75, 3.05) is 5.32 Å². The summed E-state index contributed by atoms with van der Waals surface area (Å²) in [5, 5.41) is 6.63. The number of hydrogen-bond acceptors (Lipinski definition) is 3. The zero-order chi connectivity index (χ0) is 14.0. The van der Waals surface area contributed by atoms with Crippen molar-refractivity contribution >= 4 is 27.5 Å². The van der Waals surface area contributed by atoms with Crippen LogP contribution in [0.2, 0.25) is 0 Å². The Hall–Kier alpha value is -1.95. The molecular weight excluding hydrogens is 310 g/mol. The van der Waals surface area contributed by atoms with Crippen LogP contribution in [0.5, 0.6) is 0 Å².